The summed E-state index contributed by atoms with van der Waals surface area (Å²) in [5.74, 6) is 0.822. The lowest BCUT2D eigenvalue weighted by Gasteiger charge is -2.30. The number of nitrogens with zero attached hydrogens (tertiary/aromatic N) is 1. The summed E-state index contributed by atoms with van der Waals surface area (Å²) in [6.45, 7) is 5.60. The molecule has 1 N–H and O–H groups in total. The third-order valence-electron chi connectivity index (χ3n) is 3.23. The molecule has 1 saturated carbocycles. The first-order chi connectivity index (χ1) is 6.75. The zero-order chi connectivity index (χ0) is 9.97. The topological polar surface area (TPSA) is 24.4 Å². The van der Waals surface area contributed by atoms with Gasteiger partial charge in [-0.1, -0.05) is 38.5 Å². The minimum Gasteiger partial charge on any atom is -0.362 e. The quantitative estimate of drug-likeness (QED) is 0.722. The van der Waals surface area contributed by atoms with Crippen molar-refractivity contribution in [2.75, 3.05) is 6.54 Å². The molecule has 14 heavy (non-hydrogen) atoms. The van der Waals surface area contributed by atoms with Crippen LogP contribution in [-0.2, 0) is 0 Å². The lowest BCUT2D eigenvalue weighted by atomic mass is 9.86. The highest BCUT2D eigenvalue weighted by Crippen LogP contribution is 2.26. The fourth-order valence-electron chi connectivity index (χ4n) is 2.25. The molecular weight excluding hydrogens is 192 g/mol. The van der Waals surface area contributed by atoms with Crippen LogP contribution in [-0.4, -0.2) is 23.0 Å². The van der Waals surface area contributed by atoms with Crippen molar-refractivity contribution >= 4 is 16.9 Å². The number of thioether (sulfide) groups is 1. The average Bonchev–Trinajstić information content (AvgIpc) is 2.56. The van der Waals surface area contributed by atoms with Gasteiger partial charge in [-0.15, -0.1) is 0 Å². The molecule has 0 bridgehead atoms. The minimum atomic E-state index is 0.677. The molecule has 1 fully saturated rings. The summed E-state index contributed by atoms with van der Waals surface area (Å²) in [4.78, 5) is 4.51. The van der Waals surface area contributed by atoms with Crippen molar-refractivity contribution in [2.24, 2.45) is 10.9 Å². The first-order valence-corrected chi connectivity index (χ1v) is 6.61. The Hall–Kier alpha value is -0.180. The van der Waals surface area contributed by atoms with Gasteiger partial charge in [0.2, 0.25) is 0 Å². The number of rotatable bonds is 1. The standard InChI is InChI=1S/C11H20N2S/c1-8-5-3-4-6-10(8)13-11-12-7-9(2)14-11/h8-10H,3-7H2,1-2H3,(H,12,13)/t8-,9+,10+/m1/s1. The van der Waals surface area contributed by atoms with E-state index in [0.29, 0.717) is 11.3 Å². The summed E-state index contributed by atoms with van der Waals surface area (Å²) in [5.41, 5.74) is 0. The summed E-state index contributed by atoms with van der Waals surface area (Å²) < 4.78 is 0. The molecule has 0 radical (unpaired) electrons. The van der Waals surface area contributed by atoms with Crippen LogP contribution in [0.4, 0.5) is 0 Å². The van der Waals surface area contributed by atoms with Crippen molar-refractivity contribution < 1.29 is 0 Å². The van der Waals surface area contributed by atoms with Crippen molar-refractivity contribution in [1.29, 1.82) is 0 Å². The van der Waals surface area contributed by atoms with E-state index in [0.717, 1.165) is 12.5 Å². The Morgan fingerprint density at radius 3 is 2.71 bits per heavy atom. The molecule has 0 aromatic heterocycles. The summed E-state index contributed by atoms with van der Waals surface area (Å²) in [7, 11) is 0. The maximum Gasteiger partial charge on any atom is 0.157 e. The van der Waals surface area contributed by atoms with E-state index in [1.807, 2.05) is 11.8 Å². The van der Waals surface area contributed by atoms with E-state index in [-0.39, 0.29) is 0 Å². The molecule has 0 saturated heterocycles. The number of hydrogen-bond donors (Lipinski definition) is 1. The Kier molecular flexibility index (Phi) is 3.37. The lowest BCUT2D eigenvalue weighted by molar-refractivity contribution is 0.310. The maximum absolute atomic E-state index is 4.51. The van der Waals surface area contributed by atoms with Crippen molar-refractivity contribution in [3.05, 3.63) is 0 Å². The Balaban J connectivity index is 1.84. The monoisotopic (exact) mass is 212 g/mol. The molecule has 2 rings (SSSR count). The van der Waals surface area contributed by atoms with Crippen LogP contribution >= 0.6 is 11.8 Å². The van der Waals surface area contributed by atoms with Crippen LogP contribution in [0.2, 0.25) is 0 Å². The van der Waals surface area contributed by atoms with Crippen LogP contribution < -0.4 is 5.32 Å². The van der Waals surface area contributed by atoms with Gasteiger partial charge in [0.05, 0.1) is 6.54 Å². The van der Waals surface area contributed by atoms with Crippen LogP contribution in [0.15, 0.2) is 4.99 Å². The van der Waals surface area contributed by atoms with Gasteiger partial charge in [-0.3, -0.25) is 4.99 Å². The Bertz CT molecular complexity index is 227. The van der Waals surface area contributed by atoms with Crippen LogP contribution in [0, 0.1) is 5.92 Å². The maximum atomic E-state index is 4.51. The molecule has 2 nitrogen and oxygen atoms in total. The van der Waals surface area contributed by atoms with Gasteiger partial charge < -0.3 is 5.32 Å². The Labute approximate surface area is 90.9 Å². The smallest absolute Gasteiger partial charge is 0.157 e. The lowest BCUT2D eigenvalue weighted by Crippen LogP contribution is -2.39. The molecule has 1 aliphatic carbocycles. The predicted molar refractivity (Wildman–Crippen MR) is 63.9 cm³/mol. The molecule has 80 valence electrons. The second-order valence-corrected chi connectivity index (χ2v) is 6.01. The molecular formula is C11H20N2S. The highest BCUT2D eigenvalue weighted by molar-refractivity contribution is 8.14. The first kappa shape index (κ1) is 10.3. The molecule has 1 heterocycles. The van der Waals surface area contributed by atoms with Crippen molar-refractivity contribution in [1.82, 2.24) is 5.32 Å². The number of amidine groups is 1. The second kappa shape index (κ2) is 4.56. The molecule has 0 spiro atoms. The van der Waals surface area contributed by atoms with Gasteiger partial charge in [0, 0.05) is 11.3 Å². The van der Waals surface area contributed by atoms with E-state index in [1.165, 1.54) is 30.9 Å². The van der Waals surface area contributed by atoms with Crippen LogP contribution in [0.5, 0.6) is 0 Å². The van der Waals surface area contributed by atoms with Crippen molar-refractivity contribution in [3.8, 4) is 0 Å². The number of aliphatic imine (C=N–C) groups is 1. The summed E-state index contributed by atoms with van der Waals surface area (Å²) in [6, 6.07) is 0.681. The van der Waals surface area contributed by atoms with Gasteiger partial charge in [-0.05, 0) is 18.8 Å². The zero-order valence-electron chi connectivity index (χ0n) is 9.12. The molecule has 3 heteroatoms. The van der Waals surface area contributed by atoms with E-state index in [4.69, 9.17) is 0 Å². The molecule has 0 aromatic rings. The van der Waals surface area contributed by atoms with E-state index in [2.05, 4.69) is 24.2 Å². The van der Waals surface area contributed by atoms with E-state index in [9.17, 15) is 0 Å². The van der Waals surface area contributed by atoms with Crippen molar-refractivity contribution in [2.45, 2.75) is 50.8 Å². The van der Waals surface area contributed by atoms with Crippen molar-refractivity contribution in [3.63, 3.8) is 0 Å². The summed E-state index contributed by atoms with van der Waals surface area (Å²) >= 11 is 1.90. The average molecular weight is 212 g/mol. The third kappa shape index (κ3) is 2.44. The minimum absolute atomic E-state index is 0.677. The van der Waals surface area contributed by atoms with Gasteiger partial charge in [-0.2, -0.15) is 0 Å². The van der Waals surface area contributed by atoms with Gasteiger partial charge in [0.1, 0.15) is 0 Å². The molecule has 0 amide bonds. The third-order valence-corrected chi connectivity index (χ3v) is 4.25. The van der Waals surface area contributed by atoms with E-state index < -0.39 is 0 Å². The fraction of sp³-hybridized carbons (Fsp3) is 0.909. The summed E-state index contributed by atoms with van der Waals surface area (Å²) in [5, 5.41) is 5.48. The molecule has 0 unspecified atom stereocenters. The normalized spacial score (nSPS) is 38.1. The molecule has 1 aliphatic heterocycles. The van der Waals surface area contributed by atoms with Gasteiger partial charge in [-0.25, -0.2) is 0 Å². The number of nitrogens with one attached hydrogen (secondary N) is 1. The van der Waals surface area contributed by atoms with Gasteiger partial charge in [0.25, 0.3) is 0 Å². The highest BCUT2D eigenvalue weighted by Gasteiger charge is 2.24. The first-order valence-electron chi connectivity index (χ1n) is 5.73. The van der Waals surface area contributed by atoms with Crippen LogP contribution in [0.1, 0.15) is 39.5 Å². The zero-order valence-corrected chi connectivity index (χ0v) is 9.94. The second-order valence-electron chi connectivity index (χ2n) is 4.59. The predicted octanol–water partition coefficient (Wildman–Crippen LogP) is 2.65. The largest absolute Gasteiger partial charge is 0.362 e. The van der Waals surface area contributed by atoms with Crippen LogP contribution in [0.3, 0.4) is 0 Å². The molecule has 2 aliphatic rings. The van der Waals surface area contributed by atoms with Gasteiger partial charge in [0.15, 0.2) is 5.17 Å². The highest BCUT2D eigenvalue weighted by atomic mass is 32.2. The number of hydrogen-bond acceptors (Lipinski definition) is 3. The summed E-state index contributed by atoms with van der Waals surface area (Å²) in [6.07, 6.45) is 5.51. The van der Waals surface area contributed by atoms with Crippen LogP contribution in [0.25, 0.3) is 0 Å². The molecule has 0 aromatic carbocycles. The van der Waals surface area contributed by atoms with E-state index >= 15 is 0 Å². The SMILES string of the molecule is C[C@@H]1CCCC[C@@H]1NC1=NC[C@H](C)S1. The Morgan fingerprint density at radius 2 is 2.07 bits per heavy atom. The fourth-order valence-corrected chi connectivity index (χ4v) is 3.14. The molecule has 3 atom stereocenters. The Morgan fingerprint density at radius 1 is 1.29 bits per heavy atom. The van der Waals surface area contributed by atoms with Gasteiger partial charge >= 0.3 is 0 Å². The van der Waals surface area contributed by atoms with E-state index in [1.54, 1.807) is 0 Å².